The number of rotatable bonds is 3. The number of hydrogen-bond donors (Lipinski definition) is 0. The van der Waals surface area contributed by atoms with Crippen LogP contribution in [-0.4, -0.2) is 28.8 Å². The lowest BCUT2D eigenvalue weighted by Gasteiger charge is -2.45. The molecule has 1 aliphatic heterocycles. The summed E-state index contributed by atoms with van der Waals surface area (Å²) >= 11 is 0. The first-order chi connectivity index (χ1) is 9.09. The molecule has 0 saturated carbocycles. The summed E-state index contributed by atoms with van der Waals surface area (Å²) in [7, 11) is -3.24. The minimum atomic E-state index is -1.71. The number of ketones is 1. The Morgan fingerprint density at radius 1 is 1.15 bits per heavy atom. The van der Waals surface area contributed by atoms with E-state index in [1.807, 2.05) is 0 Å². The molecule has 1 atom stereocenters. The maximum absolute atomic E-state index is 12.5. The van der Waals surface area contributed by atoms with Crippen LogP contribution in [0.25, 0.3) is 0 Å². The second-order valence-corrected chi connectivity index (χ2v) is 18.1. The molecule has 2 rings (SSSR count). The Kier molecular flexibility index (Phi) is 4.22. The van der Waals surface area contributed by atoms with Gasteiger partial charge in [-0.25, -0.2) is 0 Å². The third-order valence-electron chi connectivity index (χ3n) is 5.29. The lowest BCUT2D eigenvalue weighted by Crippen LogP contribution is -2.50. The molecule has 114 valence electrons. The standard InChI is InChI=1S/C16H30O2Si2/c1-11(2)20(12(3)4)10-13-8-15(17)16(19(5,6)7)14(13)9-18-20/h11-13H,8-10H2,1-7H3. The maximum Gasteiger partial charge on any atom is 0.198 e. The Labute approximate surface area is 126 Å². The van der Waals surface area contributed by atoms with Crippen molar-refractivity contribution >= 4 is 22.2 Å². The highest BCUT2D eigenvalue weighted by Crippen LogP contribution is 2.49. The molecule has 1 heterocycles. The number of hydrogen-bond acceptors (Lipinski definition) is 2. The van der Waals surface area contributed by atoms with Crippen LogP contribution in [0.5, 0.6) is 0 Å². The molecule has 20 heavy (non-hydrogen) atoms. The van der Waals surface area contributed by atoms with Gasteiger partial charge in [-0.3, -0.25) is 4.79 Å². The molecule has 4 heteroatoms. The molecule has 0 N–H and O–H groups in total. The van der Waals surface area contributed by atoms with Gasteiger partial charge < -0.3 is 4.43 Å². The first-order valence-electron chi connectivity index (χ1n) is 8.00. The first-order valence-corrected chi connectivity index (χ1v) is 13.8. The number of fused-ring (bicyclic) bond motifs is 1. The smallest absolute Gasteiger partial charge is 0.198 e. The van der Waals surface area contributed by atoms with E-state index in [0.29, 0.717) is 22.8 Å². The first kappa shape index (κ1) is 16.2. The summed E-state index contributed by atoms with van der Waals surface area (Å²) in [5.74, 6) is 0.944. The molecule has 2 aliphatic rings. The van der Waals surface area contributed by atoms with Crippen LogP contribution >= 0.6 is 0 Å². The minimum Gasteiger partial charge on any atom is -0.412 e. The van der Waals surface area contributed by atoms with E-state index in [2.05, 4.69) is 47.3 Å². The van der Waals surface area contributed by atoms with Crippen molar-refractivity contribution in [1.29, 1.82) is 0 Å². The fourth-order valence-electron chi connectivity index (χ4n) is 4.25. The largest absolute Gasteiger partial charge is 0.412 e. The van der Waals surface area contributed by atoms with Crippen molar-refractivity contribution in [3.8, 4) is 0 Å². The van der Waals surface area contributed by atoms with Crippen molar-refractivity contribution in [1.82, 2.24) is 0 Å². The Hall–Kier alpha value is -0.196. The highest BCUT2D eigenvalue weighted by Gasteiger charge is 2.51. The normalized spacial score (nSPS) is 26.6. The van der Waals surface area contributed by atoms with E-state index in [0.717, 1.165) is 19.1 Å². The van der Waals surface area contributed by atoms with Crippen LogP contribution in [0.3, 0.4) is 0 Å². The number of carbonyl (C=O) groups excluding carboxylic acids is 1. The molecule has 0 aromatic rings. The van der Waals surface area contributed by atoms with E-state index in [1.165, 1.54) is 10.8 Å². The van der Waals surface area contributed by atoms with Crippen molar-refractivity contribution in [2.75, 3.05) is 6.61 Å². The number of allylic oxidation sites excluding steroid dienone is 1. The summed E-state index contributed by atoms with van der Waals surface area (Å²) < 4.78 is 6.53. The zero-order valence-electron chi connectivity index (χ0n) is 14.2. The fraction of sp³-hybridized carbons (Fsp3) is 0.812. The molecule has 0 spiro atoms. The van der Waals surface area contributed by atoms with E-state index >= 15 is 0 Å². The van der Waals surface area contributed by atoms with Crippen LogP contribution < -0.4 is 0 Å². The topological polar surface area (TPSA) is 26.3 Å². The van der Waals surface area contributed by atoms with Gasteiger partial charge in [0.1, 0.15) is 0 Å². The van der Waals surface area contributed by atoms with Crippen molar-refractivity contribution in [2.45, 2.75) is 70.9 Å². The summed E-state index contributed by atoms with van der Waals surface area (Å²) in [6.07, 6.45) is 0.770. The van der Waals surface area contributed by atoms with Crippen LogP contribution in [0, 0.1) is 5.92 Å². The van der Waals surface area contributed by atoms with Crippen molar-refractivity contribution < 1.29 is 9.22 Å². The van der Waals surface area contributed by atoms with E-state index in [9.17, 15) is 4.79 Å². The third-order valence-corrected chi connectivity index (χ3v) is 13.1. The van der Waals surface area contributed by atoms with Gasteiger partial charge in [-0.1, -0.05) is 47.3 Å². The van der Waals surface area contributed by atoms with E-state index in [-0.39, 0.29) is 0 Å². The van der Waals surface area contributed by atoms with Gasteiger partial charge in [-0.15, -0.1) is 0 Å². The summed E-state index contributed by atoms with van der Waals surface area (Å²) in [5, 5.41) is 1.21. The maximum atomic E-state index is 12.5. The van der Waals surface area contributed by atoms with Gasteiger partial charge in [-0.05, 0) is 33.8 Å². The van der Waals surface area contributed by atoms with Crippen LogP contribution in [-0.2, 0) is 9.22 Å². The van der Waals surface area contributed by atoms with E-state index in [1.54, 1.807) is 0 Å². The number of carbonyl (C=O) groups is 1. The van der Waals surface area contributed by atoms with Gasteiger partial charge in [0.15, 0.2) is 14.1 Å². The molecular formula is C16H30O2Si2. The lowest BCUT2D eigenvalue weighted by molar-refractivity contribution is -0.114. The Morgan fingerprint density at radius 3 is 2.15 bits per heavy atom. The van der Waals surface area contributed by atoms with Gasteiger partial charge >= 0.3 is 0 Å². The van der Waals surface area contributed by atoms with Gasteiger partial charge in [0.25, 0.3) is 0 Å². The molecule has 0 aromatic carbocycles. The quantitative estimate of drug-likeness (QED) is 0.715. The second kappa shape index (κ2) is 5.22. The molecule has 0 amide bonds. The molecule has 0 bridgehead atoms. The zero-order chi connectivity index (χ0) is 15.3. The van der Waals surface area contributed by atoms with Crippen LogP contribution in [0.15, 0.2) is 10.8 Å². The SMILES string of the molecule is CC(C)[Si]1(C(C)C)CC2CC(=O)C([Si](C)(C)C)=C2CO1. The molecule has 1 aliphatic carbocycles. The van der Waals surface area contributed by atoms with E-state index < -0.39 is 16.4 Å². The highest BCUT2D eigenvalue weighted by molar-refractivity contribution is 6.87. The van der Waals surface area contributed by atoms with Crippen molar-refractivity contribution in [3.05, 3.63) is 10.8 Å². The second-order valence-electron chi connectivity index (χ2n) is 8.23. The van der Waals surface area contributed by atoms with Gasteiger partial charge in [0.2, 0.25) is 0 Å². The predicted molar refractivity (Wildman–Crippen MR) is 90.2 cm³/mol. The molecule has 1 fully saturated rings. The minimum absolute atomic E-state index is 0.435. The molecule has 0 radical (unpaired) electrons. The monoisotopic (exact) mass is 310 g/mol. The molecular weight excluding hydrogens is 280 g/mol. The van der Waals surface area contributed by atoms with Gasteiger partial charge in [-0.2, -0.15) is 0 Å². The predicted octanol–water partition coefficient (Wildman–Crippen LogP) is 4.55. The van der Waals surface area contributed by atoms with Crippen LogP contribution in [0.4, 0.5) is 0 Å². The van der Waals surface area contributed by atoms with Gasteiger partial charge in [0, 0.05) is 6.42 Å². The fourth-order valence-corrected chi connectivity index (χ4v) is 11.1. The lowest BCUT2D eigenvalue weighted by atomic mass is 10.0. The van der Waals surface area contributed by atoms with Crippen molar-refractivity contribution in [3.63, 3.8) is 0 Å². The van der Waals surface area contributed by atoms with Crippen LogP contribution in [0.1, 0.15) is 34.1 Å². The molecule has 1 saturated heterocycles. The number of Topliss-reactive ketones (excluding diaryl/α,β-unsaturated/α-hetero) is 1. The molecule has 1 unspecified atom stereocenters. The van der Waals surface area contributed by atoms with E-state index in [4.69, 9.17) is 4.43 Å². The molecule has 2 nitrogen and oxygen atoms in total. The summed E-state index contributed by atoms with van der Waals surface area (Å²) in [6.45, 7) is 16.9. The zero-order valence-corrected chi connectivity index (χ0v) is 16.2. The molecule has 0 aromatic heterocycles. The summed E-state index contributed by atoms with van der Waals surface area (Å²) in [6, 6.07) is 1.16. The average Bonchev–Trinajstić information content (AvgIpc) is 2.61. The summed E-state index contributed by atoms with van der Waals surface area (Å²) in [4.78, 5) is 12.5. The summed E-state index contributed by atoms with van der Waals surface area (Å²) in [5.41, 5.74) is 2.66. The third kappa shape index (κ3) is 2.50. The Bertz CT molecular complexity index is 436. The Balaban J connectivity index is 2.36. The van der Waals surface area contributed by atoms with Crippen LogP contribution in [0.2, 0.25) is 36.8 Å². The average molecular weight is 311 g/mol. The Morgan fingerprint density at radius 2 is 1.70 bits per heavy atom. The highest BCUT2D eigenvalue weighted by atomic mass is 28.4. The van der Waals surface area contributed by atoms with Gasteiger partial charge in [0.05, 0.1) is 14.7 Å². The van der Waals surface area contributed by atoms with Crippen molar-refractivity contribution in [2.24, 2.45) is 5.92 Å².